The second kappa shape index (κ2) is 7.93. The first kappa shape index (κ1) is 16.5. The molecule has 3 rings (SSSR count). The van der Waals surface area contributed by atoms with Crippen molar-refractivity contribution in [2.75, 3.05) is 5.73 Å². The van der Waals surface area contributed by atoms with Crippen molar-refractivity contribution in [1.29, 1.82) is 0 Å². The van der Waals surface area contributed by atoms with Crippen molar-refractivity contribution in [3.8, 4) is 0 Å². The number of rotatable bonds is 6. The van der Waals surface area contributed by atoms with Crippen LogP contribution in [-0.4, -0.2) is 15.6 Å². The van der Waals surface area contributed by atoms with Gasteiger partial charge >= 0.3 is 0 Å². The summed E-state index contributed by atoms with van der Waals surface area (Å²) in [6.45, 7) is 0. The largest absolute Gasteiger partial charge is 0.398 e. The van der Waals surface area contributed by atoms with Crippen LogP contribution in [0.25, 0.3) is 18.4 Å². The third-order valence-corrected chi connectivity index (χ3v) is 3.72. The molecule has 0 atom stereocenters. The smallest absolute Gasteiger partial charge is 0.160 e. The van der Waals surface area contributed by atoms with Gasteiger partial charge in [-0.2, -0.15) is 5.10 Å². The Balaban J connectivity index is 1.61. The highest BCUT2D eigenvalue weighted by molar-refractivity contribution is 5.95. The molecule has 0 fully saturated rings. The molecular formula is C21H19N3O. The van der Waals surface area contributed by atoms with Gasteiger partial charge in [0.2, 0.25) is 0 Å². The molecule has 0 saturated heterocycles. The minimum Gasteiger partial charge on any atom is -0.398 e. The van der Waals surface area contributed by atoms with Gasteiger partial charge in [-0.1, -0.05) is 48.5 Å². The second-order valence-electron chi connectivity index (χ2n) is 5.66. The molecular weight excluding hydrogens is 310 g/mol. The van der Waals surface area contributed by atoms with Gasteiger partial charge in [0.1, 0.15) is 0 Å². The van der Waals surface area contributed by atoms with Gasteiger partial charge in [-0.3, -0.25) is 4.79 Å². The molecule has 4 heteroatoms. The molecule has 0 aliphatic rings. The first-order valence-electron chi connectivity index (χ1n) is 8.02. The SMILES string of the molecule is Nc1ccccc1CC(=O)/C=C/c1cnn(/C=C/c2ccccc2)c1. The predicted molar refractivity (Wildman–Crippen MR) is 102 cm³/mol. The molecule has 124 valence electrons. The van der Waals surface area contributed by atoms with Gasteiger partial charge in [-0.25, -0.2) is 4.68 Å². The number of para-hydroxylation sites is 1. The highest BCUT2D eigenvalue weighted by Gasteiger charge is 2.03. The normalized spacial score (nSPS) is 11.4. The fourth-order valence-electron chi connectivity index (χ4n) is 2.38. The Bertz CT molecular complexity index is 908. The summed E-state index contributed by atoms with van der Waals surface area (Å²) in [4.78, 5) is 12.1. The van der Waals surface area contributed by atoms with E-state index in [0.29, 0.717) is 12.1 Å². The first-order chi connectivity index (χ1) is 12.2. The lowest BCUT2D eigenvalue weighted by molar-refractivity contribution is -0.113. The van der Waals surface area contributed by atoms with E-state index < -0.39 is 0 Å². The number of allylic oxidation sites excluding steroid dienone is 1. The molecule has 4 nitrogen and oxygen atoms in total. The van der Waals surface area contributed by atoms with E-state index in [1.165, 1.54) is 0 Å². The van der Waals surface area contributed by atoms with Crippen LogP contribution in [0, 0.1) is 0 Å². The fraction of sp³-hybridized carbons (Fsp3) is 0.0476. The minimum absolute atomic E-state index is 0.00507. The number of carbonyl (C=O) groups is 1. The van der Waals surface area contributed by atoms with Crippen LogP contribution in [0.15, 0.2) is 73.1 Å². The monoisotopic (exact) mass is 329 g/mol. The lowest BCUT2D eigenvalue weighted by Gasteiger charge is -2.01. The Labute approximate surface area is 146 Å². The molecule has 0 radical (unpaired) electrons. The van der Waals surface area contributed by atoms with Crippen LogP contribution in [0.4, 0.5) is 5.69 Å². The molecule has 2 N–H and O–H groups in total. The molecule has 1 heterocycles. The van der Waals surface area contributed by atoms with Gasteiger partial charge in [0, 0.05) is 30.1 Å². The molecule has 1 aromatic heterocycles. The Morgan fingerprint density at radius 3 is 2.56 bits per heavy atom. The number of nitrogens with two attached hydrogens (primary N) is 1. The lowest BCUT2D eigenvalue weighted by Crippen LogP contribution is -2.01. The third kappa shape index (κ3) is 4.78. The standard InChI is InChI=1S/C21H19N3O/c22-21-9-5-4-8-19(21)14-20(25)11-10-18-15-23-24(16-18)13-12-17-6-2-1-3-7-17/h1-13,15-16H,14,22H2/b11-10+,13-12+. The molecule has 0 bridgehead atoms. The van der Waals surface area contributed by atoms with E-state index in [1.54, 1.807) is 29.1 Å². The highest BCUT2D eigenvalue weighted by Crippen LogP contribution is 2.12. The maximum Gasteiger partial charge on any atom is 0.160 e. The second-order valence-corrected chi connectivity index (χ2v) is 5.66. The predicted octanol–water partition coefficient (Wildman–Crippen LogP) is 3.92. The summed E-state index contributed by atoms with van der Waals surface area (Å²) >= 11 is 0. The molecule has 0 amide bonds. The van der Waals surface area contributed by atoms with E-state index in [0.717, 1.165) is 16.7 Å². The summed E-state index contributed by atoms with van der Waals surface area (Å²) in [5.41, 5.74) is 9.32. The average Bonchev–Trinajstić information content (AvgIpc) is 3.09. The molecule has 0 unspecified atom stereocenters. The molecule has 0 aliphatic carbocycles. The molecule has 2 aromatic carbocycles. The lowest BCUT2D eigenvalue weighted by atomic mass is 10.1. The number of ketones is 1. The van der Waals surface area contributed by atoms with E-state index in [-0.39, 0.29) is 5.78 Å². The van der Waals surface area contributed by atoms with Crippen LogP contribution in [0.3, 0.4) is 0 Å². The zero-order valence-electron chi connectivity index (χ0n) is 13.7. The topological polar surface area (TPSA) is 60.9 Å². The van der Waals surface area contributed by atoms with Crippen molar-refractivity contribution in [3.63, 3.8) is 0 Å². The maximum atomic E-state index is 12.1. The van der Waals surface area contributed by atoms with Gasteiger partial charge in [0.15, 0.2) is 5.78 Å². The van der Waals surface area contributed by atoms with Gasteiger partial charge in [-0.05, 0) is 35.4 Å². The summed E-state index contributed by atoms with van der Waals surface area (Å²) in [6.07, 6.45) is 11.1. The Hall–Kier alpha value is -3.40. The van der Waals surface area contributed by atoms with Crippen LogP contribution < -0.4 is 5.73 Å². The van der Waals surface area contributed by atoms with Crippen LogP contribution >= 0.6 is 0 Å². The summed E-state index contributed by atoms with van der Waals surface area (Å²) in [5, 5.41) is 4.25. The van der Waals surface area contributed by atoms with E-state index >= 15 is 0 Å². The van der Waals surface area contributed by atoms with Crippen LogP contribution in [0.5, 0.6) is 0 Å². The zero-order chi connectivity index (χ0) is 17.5. The van der Waals surface area contributed by atoms with Crippen molar-refractivity contribution in [2.24, 2.45) is 0 Å². The summed E-state index contributed by atoms with van der Waals surface area (Å²) in [7, 11) is 0. The molecule has 0 saturated carbocycles. The maximum absolute atomic E-state index is 12.1. The third-order valence-electron chi connectivity index (χ3n) is 3.72. The number of anilines is 1. The summed E-state index contributed by atoms with van der Waals surface area (Å²) in [5.74, 6) is 0.00507. The van der Waals surface area contributed by atoms with E-state index in [1.807, 2.05) is 67.0 Å². The quantitative estimate of drug-likeness (QED) is 0.551. The molecule has 25 heavy (non-hydrogen) atoms. The molecule has 3 aromatic rings. The Kier molecular flexibility index (Phi) is 5.22. The summed E-state index contributed by atoms with van der Waals surface area (Å²) < 4.78 is 1.71. The van der Waals surface area contributed by atoms with E-state index in [9.17, 15) is 4.79 Å². The van der Waals surface area contributed by atoms with Crippen LogP contribution in [0.1, 0.15) is 16.7 Å². The Morgan fingerprint density at radius 2 is 1.76 bits per heavy atom. The number of carbonyl (C=O) groups excluding carboxylic acids is 1. The van der Waals surface area contributed by atoms with Crippen molar-refractivity contribution in [3.05, 3.63) is 89.8 Å². The van der Waals surface area contributed by atoms with E-state index in [4.69, 9.17) is 5.73 Å². The fourth-order valence-corrected chi connectivity index (χ4v) is 2.38. The number of aromatic nitrogens is 2. The number of benzene rings is 2. The van der Waals surface area contributed by atoms with Crippen molar-refractivity contribution in [2.45, 2.75) is 6.42 Å². The zero-order valence-corrected chi connectivity index (χ0v) is 13.7. The highest BCUT2D eigenvalue weighted by atomic mass is 16.1. The van der Waals surface area contributed by atoms with Crippen molar-refractivity contribution >= 4 is 29.8 Å². The summed E-state index contributed by atoms with van der Waals surface area (Å²) in [6, 6.07) is 17.4. The molecule has 0 aliphatic heterocycles. The number of hydrogen-bond acceptors (Lipinski definition) is 3. The van der Waals surface area contributed by atoms with Gasteiger partial charge in [-0.15, -0.1) is 0 Å². The van der Waals surface area contributed by atoms with Crippen molar-refractivity contribution in [1.82, 2.24) is 9.78 Å². The number of hydrogen-bond donors (Lipinski definition) is 1. The number of nitrogen functional groups attached to an aromatic ring is 1. The number of nitrogens with zero attached hydrogens (tertiary/aromatic N) is 2. The minimum atomic E-state index is 0.00507. The molecule has 0 spiro atoms. The van der Waals surface area contributed by atoms with Crippen molar-refractivity contribution < 1.29 is 4.79 Å². The van der Waals surface area contributed by atoms with Crippen LogP contribution in [0.2, 0.25) is 0 Å². The first-order valence-corrected chi connectivity index (χ1v) is 8.02. The van der Waals surface area contributed by atoms with Gasteiger partial charge in [0.05, 0.1) is 6.20 Å². The average molecular weight is 329 g/mol. The van der Waals surface area contributed by atoms with E-state index in [2.05, 4.69) is 5.10 Å². The van der Waals surface area contributed by atoms with Crippen LogP contribution in [-0.2, 0) is 11.2 Å². The van der Waals surface area contributed by atoms with Gasteiger partial charge in [0.25, 0.3) is 0 Å². The van der Waals surface area contributed by atoms with Gasteiger partial charge < -0.3 is 5.73 Å². The Morgan fingerprint density at radius 1 is 1.00 bits per heavy atom.